The van der Waals surface area contributed by atoms with Crippen LogP contribution in [-0.2, 0) is 6.61 Å². The average molecular weight is 391 g/mol. The fraction of sp³-hybridized carbons (Fsp3) is 0.0476. The highest BCUT2D eigenvalue weighted by Crippen LogP contribution is 2.25. The Balaban J connectivity index is 1.58. The molecule has 0 fully saturated rings. The minimum Gasteiger partial charge on any atom is -0.473 e. The largest absolute Gasteiger partial charge is 0.473 e. The van der Waals surface area contributed by atoms with Gasteiger partial charge in [-0.05, 0) is 51.8 Å². The first-order chi connectivity index (χ1) is 12.3. The van der Waals surface area contributed by atoms with Crippen molar-refractivity contribution in [3.05, 3.63) is 89.0 Å². The van der Waals surface area contributed by atoms with Gasteiger partial charge >= 0.3 is 0 Å². The topological polar surface area (TPSA) is 35.0 Å². The molecule has 0 radical (unpaired) electrons. The van der Waals surface area contributed by atoms with Crippen molar-refractivity contribution in [3.63, 3.8) is 0 Å². The molecule has 0 atom stereocenters. The monoisotopic (exact) mass is 390 g/mol. The third-order valence-electron chi connectivity index (χ3n) is 3.90. The van der Waals surface area contributed by atoms with Gasteiger partial charge in [-0.15, -0.1) is 0 Å². The zero-order valence-corrected chi connectivity index (χ0v) is 15.0. The van der Waals surface area contributed by atoms with Gasteiger partial charge in [-0.25, -0.2) is 9.97 Å². The molecule has 0 saturated carbocycles. The van der Waals surface area contributed by atoms with E-state index in [2.05, 4.69) is 32.0 Å². The van der Waals surface area contributed by atoms with Gasteiger partial charge in [0.05, 0.1) is 11.2 Å². The van der Waals surface area contributed by atoms with Gasteiger partial charge in [-0.3, -0.25) is 0 Å². The molecule has 2 heterocycles. The number of pyridine rings is 2. The second-order valence-corrected chi connectivity index (χ2v) is 6.49. The van der Waals surface area contributed by atoms with E-state index < -0.39 is 0 Å². The summed E-state index contributed by atoms with van der Waals surface area (Å²) in [5, 5.41) is 1.06. The van der Waals surface area contributed by atoms with Crippen LogP contribution in [0.15, 0.2) is 83.5 Å². The zero-order valence-electron chi connectivity index (χ0n) is 13.4. The zero-order chi connectivity index (χ0) is 17.1. The summed E-state index contributed by atoms with van der Waals surface area (Å²) in [4.78, 5) is 9.09. The molecule has 0 aliphatic rings. The summed E-state index contributed by atoms with van der Waals surface area (Å²) >= 11 is 3.42. The van der Waals surface area contributed by atoms with Crippen LogP contribution in [0.3, 0.4) is 0 Å². The number of hydrogen-bond acceptors (Lipinski definition) is 3. The summed E-state index contributed by atoms with van der Waals surface area (Å²) in [6.45, 7) is 0.513. The number of rotatable bonds is 4. The quantitative estimate of drug-likeness (QED) is 0.423. The number of nitrogens with zero attached hydrogens (tertiary/aromatic N) is 2. The maximum atomic E-state index is 5.80. The standard InChI is InChI=1S/C21H15BrN2O/c22-20-8-4-7-18(23-20)16-9-11-19-17(13-16)10-12-21(24-19)25-14-15-5-2-1-3-6-15/h1-13H,14H2. The molecular formula is C21H15BrN2O. The van der Waals surface area contributed by atoms with Gasteiger partial charge in [0.25, 0.3) is 0 Å². The number of benzene rings is 2. The van der Waals surface area contributed by atoms with Crippen LogP contribution < -0.4 is 4.74 Å². The minimum atomic E-state index is 0.513. The van der Waals surface area contributed by atoms with Crippen molar-refractivity contribution < 1.29 is 4.74 Å². The van der Waals surface area contributed by atoms with Crippen LogP contribution >= 0.6 is 15.9 Å². The molecule has 3 nitrogen and oxygen atoms in total. The lowest BCUT2D eigenvalue weighted by Crippen LogP contribution is -1.97. The first kappa shape index (κ1) is 15.8. The van der Waals surface area contributed by atoms with Crippen molar-refractivity contribution in [2.75, 3.05) is 0 Å². The maximum absolute atomic E-state index is 5.80. The number of halogens is 1. The number of hydrogen-bond donors (Lipinski definition) is 0. The summed E-state index contributed by atoms with van der Waals surface area (Å²) in [7, 11) is 0. The fourth-order valence-corrected chi connectivity index (χ4v) is 2.99. The van der Waals surface area contributed by atoms with E-state index in [0.717, 1.165) is 32.3 Å². The number of aromatic nitrogens is 2. The van der Waals surface area contributed by atoms with Crippen LogP contribution in [0.1, 0.15) is 5.56 Å². The Morgan fingerprint density at radius 1 is 0.800 bits per heavy atom. The van der Waals surface area contributed by atoms with Crippen LogP contribution in [0.5, 0.6) is 5.88 Å². The molecule has 0 amide bonds. The highest BCUT2D eigenvalue weighted by atomic mass is 79.9. The second-order valence-electron chi connectivity index (χ2n) is 5.68. The Kier molecular flexibility index (Phi) is 4.44. The Bertz CT molecular complexity index is 1020. The summed E-state index contributed by atoms with van der Waals surface area (Å²) < 4.78 is 6.63. The van der Waals surface area contributed by atoms with Crippen molar-refractivity contribution in [2.45, 2.75) is 6.61 Å². The van der Waals surface area contributed by atoms with Crippen LogP contribution in [0, 0.1) is 0 Å². The van der Waals surface area contributed by atoms with Crippen LogP contribution in [-0.4, -0.2) is 9.97 Å². The number of ether oxygens (including phenoxy) is 1. The van der Waals surface area contributed by atoms with Gasteiger partial charge in [0.2, 0.25) is 5.88 Å². The average Bonchev–Trinajstić information content (AvgIpc) is 2.66. The molecule has 0 aliphatic heterocycles. The lowest BCUT2D eigenvalue weighted by molar-refractivity contribution is 0.295. The number of fused-ring (bicyclic) bond motifs is 1. The van der Waals surface area contributed by atoms with E-state index in [-0.39, 0.29) is 0 Å². The highest BCUT2D eigenvalue weighted by Gasteiger charge is 2.04. The van der Waals surface area contributed by atoms with Gasteiger partial charge in [0, 0.05) is 17.0 Å². The van der Waals surface area contributed by atoms with E-state index in [0.29, 0.717) is 12.5 Å². The van der Waals surface area contributed by atoms with Gasteiger partial charge in [-0.2, -0.15) is 0 Å². The lowest BCUT2D eigenvalue weighted by Gasteiger charge is -2.08. The van der Waals surface area contributed by atoms with Gasteiger partial charge in [-0.1, -0.05) is 42.5 Å². The minimum absolute atomic E-state index is 0.513. The van der Waals surface area contributed by atoms with Crippen LogP contribution in [0.4, 0.5) is 0 Å². The Hall–Kier alpha value is -2.72. The van der Waals surface area contributed by atoms with E-state index in [4.69, 9.17) is 4.74 Å². The molecule has 0 saturated heterocycles. The van der Waals surface area contributed by atoms with E-state index >= 15 is 0 Å². The molecule has 0 spiro atoms. The van der Waals surface area contributed by atoms with E-state index in [9.17, 15) is 0 Å². The Labute approximate surface area is 154 Å². The Morgan fingerprint density at radius 2 is 1.68 bits per heavy atom. The molecular weight excluding hydrogens is 376 g/mol. The van der Waals surface area contributed by atoms with E-state index in [1.807, 2.05) is 72.8 Å². The van der Waals surface area contributed by atoms with Crippen LogP contribution in [0.25, 0.3) is 22.2 Å². The molecule has 4 aromatic rings. The molecule has 0 bridgehead atoms. The smallest absolute Gasteiger partial charge is 0.214 e. The predicted molar refractivity (Wildman–Crippen MR) is 103 cm³/mol. The van der Waals surface area contributed by atoms with Crippen molar-refractivity contribution in [1.82, 2.24) is 9.97 Å². The summed E-state index contributed by atoms with van der Waals surface area (Å²) in [5.74, 6) is 0.629. The highest BCUT2D eigenvalue weighted by molar-refractivity contribution is 9.10. The maximum Gasteiger partial charge on any atom is 0.214 e. The molecule has 2 aromatic heterocycles. The Morgan fingerprint density at radius 3 is 2.52 bits per heavy atom. The molecule has 4 heteroatoms. The molecule has 2 aromatic carbocycles. The molecule has 0 N–H and O–H groups in total. The normalized spacial score (nSPS) is 10.8. The third-order valence-corrected chi connectivity index (χ3v) is 4.35. The second kappa shape index (κ2) is 7.03. The van der Waals surface area contributed by atoms with Gasteiger partial charge < -0.3 is 4.74 Å². The predicted octanol–water partition coefficient (Wildman–Crippen LogP) is 5.64. The molecule has 122 valence electrons. The first-order valence-corrected chi connectivity index (χ1v) is 8.78. The summed E-state index contributed by atoms with van der Waals surface area (Å²) in [5.41, 5.74) is 4.03. The van der Waals surface area contributed by atoms with Gasteiger partial charge in [0.15, 0.2) is 0 Å². The lowest BCUT2D eigenvalue weighted by atomic mass is 10.1. The molecule has 4 rings (SSSR count). The van der Waals surface area contributed by atoms with E-state index in [1.54, 1.807) is 0 Å². The first-order valence-electron chi connectivity index (χ1n) is 7.98. The molecule has 0 unspecified atom stereocenters. The summed E-state index contributed by atoms with van der Waals surface area (Å²) in [6, 6.07) is 26.0. The van der Waals surface area contributed by atoms with Crippen molar-refractivity contribution in [3.8, 4) is 17.1 Å². The van der Waals surface area contributed by atoms with Crippen molar-refractivity contribution in [1.29, 1.82) is 0 Å². The van der Waals surface area contributed by atoms with Crippen molar-refractivity contribution in [2.24, 2.45) is 0 Å². The van der Waals surface area contributed by atoms with Crippen molar-refractivity contribution >= 4 is 26.8 Å². The van der Waals surface area contributed by atoms with Crippen LogP contribution in [0.2, 0.25) is 0 Å². The summed E-state index contributed by atoms with van der Waals surface area (Å²) in [6.07, 6.45) is 0. The molecule has 0 aliphatic carbocycles. The SMILES string of the molecule is Brc1cccc(-c2ccc3nc(OCc4ccccc4)ccc3c2)n1. The fourth-order valence-electron chi connectivity index (χ4n) is 2.65. The molecule has 25 heavy (non-hydrogen) atoms. The van der Waals surface area contributed by atoms with Gasteiger partial charge in [0.1, 0.15) is 11.2 Å². The third kappa shape index (κ3) is 3.69. The van der Waals surface area contributed by atoms with E-state index in [1.165, 1.54) is 0 Å².